The van der Waals surface area contributed by atoms with Crippen LogP contribution in [0.3, 0.4) is 0 Å². The average molecular weight is 302 g/mol. The number of aromatic nitrogens is 1. The number of nitrogens with one attached hydrogen (secondary N) is 1. The number of hydrogen-bond acceptors (Lipinski definition) is 4. The number of nitrogens with zero attached hydrogens (tertiary/aromatic N) is 2. The molecule has 0 unspecified atom stereocenters. The highest BCUT2D eigenvalue weighted by atomic mass is 32.1. The fourth-order valence-corrected chi connectivity index (χ4v) is 2.47. The number of likely N-dealkylation sites (N-methyl/N-ethyl adjacent to an activating group) is 1. The lowest BCUT2D eigenvalue weighted by Crippen LogP contribution is -2.29. The highest BCUT2D eigenvalue weighted by molar-refractivity contribution is 7.80. The molecule has 2 rings (SSSR count). The molecular weight excluding hydrogens is 280 g/mol. The standard InChI is InChI=1S/C16H22N4S/c1-3-20(4-2)10-9-18-16-13(15(17)21)11-12-7-5-6-8-14(12)19-16/h5-8,11H,3-4,9-10H2,1-2H3,(H2,17,21)(H,18,19). The maximum Gasteiger partial charge on any atom is 0.137 e. The predicted molar refractivity (Wildman–Crippen MR) is 93.9 cm³/mol. The maximum atomic E-state index is 5.83. The fourth-order valence-electron chi connectivity index (χ4n) is 2.31. The van der Waals surface area contributed by atoms with E-state index < -0.39 is 0 Å². The molecule has 1 aromatic heterocycles. The predicted octanol–water partition coefficient (Wildman–Crippen LogP) is 2.62. The summed E-state index contributed by atoms with van der Waals surface area (Å²) in [6.07, 6.45) is 0. The van der Waals surface area contributed by atoms with Crippen molar-refractivity contribution in [2.24, 2.45) is 5.73 Å². The Balaban J connectivity index is 2.20. The van der Waals surface area contributed by atoms with E-state index in [-0.39, 0.29) is 0 Å². The van der Waals surface area contributed by atoms with Gasteiger partial charge >= 0.3 is 0 Å². The Labute approximate surface area is 131 Å². The fraction of sp³-hybridized carbons (Fsp3) is 0.375. The molecule has 0 spiro atoms. The zero-order valence-electron chi connectivity index (χ0n) is 12.6. The molecule has 0 aliphatic heterocycles. The Bertz CT molecular complexity index is 623. The van der Waals surface area contributed by atoms with Gasteiger partial charge in [0, 0.05) is 18.5 Å². The summed E-state index contributed by atoms with van der Waals surface area (Å²) < 4.78 is 0. The molecule has 0 saturated heterocycles. The van der Waals surface area contributed by atoms with Crippen molar-refractivity contribution in [2.75, 3.05) is 31.5 Å². The minimum Gasteiger partial charge on any atom is -0.389 e. The van der Waals surface area contributed by atoms with Crippen LogP contribution >= 0.6 is 12.2 Å². The number of hydrogen-bond donors (Lipinski definition) is 2. The van der Waals surface area contributed by atoms with E-state index in [0.717, 1.165) is 48.5 Å². The number of benzene rings is 1. The van der Waals surface area contributed by atoms with Crippen molar-refractivity contribution in [3.8, 4) is 0 Å². The number of rotatable bonds is 7. The SMILES string of the molecule is CCN(CC)CCNc1nc2ccccc2cc1C(N)=S. The molecule has 0 saturated carbocycles. The van der Waals surface area contributed by atoms with Crippen LogP contribution in [0.4, 0.5) is 5.82 Å². The van der Waals surface area contributed by atoms with Crippen LogP contribution in [0.1, 0.15) is 19.4 Å². The molecule has 3 N–H and O–H groups in total. The quantitative estimate of drug-likeness (QED) is 0.770. The van der Waals surface area contributed by atoms with Gasteiger partial charge in [0.15, 0.2) is 0 Å². The summed E-state index contributed by atoms with van der Waals surface area (Å²) >= 11 is 5.15. The normalized spacial score (nSPS) is 11.0. The highest BCUT2D eigenvalue weighted by Crippen LogP contribution is 2.20. The van der Waals surface area contributed by atoms with Crippen molar-refractivity contribution in [1.29, 1.82) is 0 Å². The van der Waals surface area contributed by atoms with Gasteiger partial charge in [0.05, 0.1) is 11.1 Å². The summed E-state index contributed by atoms with van der Waals surface area (Å²) in [6, 6.07) is 9.98. The van der Waals surface area contributed by atoms with E-state index in [4.69, 9.17) is 18.0 Å². The van der Waals surface area contributed by atoms with Gasteiger partial charge in [0.25, 0.3) is 0 Å². The second-order valence-electron chi connectivity index (χ2n) is 4.90. The summed E-state index contributed by atoms with van der Waals surface area (Å²) in [4.78, 5) is 7.38. The van der Waals surface area contributed by atoms with E-state index in [9.17, 15) is 0 Å². The number of nitrogens with two attached hydrogens (primary N) is 1. The Morgan fingerprint density at radius 2 is 2.00 bits per heavy atom. The van der Waals surface area contributed by atoms with Crippen LogP contribution in [0, 0.1) is 0 Å². The summed E-state index contributed by atoms with van der Waals surface area (Å²) in [6.45, 7) is 8.22. The molecule has 5 heteroatoms. The van der Waals surface area contributed by atoms with Crippen LogP contribution in [-0.4, -0.2) is 41.1 Å². The van der Waals surface area contributed by atoms with Gasteiger partial charge in [-0.1, -0.05) is 44.3 Å². The molecule has 4 nitrogen and oxygen atoms in total. The Kier molecular flexibility index (Phi) is 5.47. The van der Waals surface area contributed by atoms with Gasteiger partial charge in [-0.25, -0.2) is 4.98 Å². The van der Waals surface area contributed by atoms with Crippen LogP contribution in [-0.2, 0) is 0 Å². The van der Waals surface area contributed by atoms with Crippen LogP contribution in [0.25, 0.3) is 10.9 Å². The van der Waals surface area contributed by atoms with Crippen molar-refractivity contribution in [2.45, 2.75) is 13.8 Å². The van der Waals surface area contributed by atoms with E-state index >= 15 is 0 Å². The van der Waals surface area contributed by atoms with Crippen LogP contribution in [0.15, 0.2) is 30.3 Å². The molecule has 112 valence electrons. The van der Waals surface area contributed by atoms with Gasteiger partial charge in [-0.2, -0.15) is 0 Å². The third-order valence-corrected chi connectivity index (χ3v) is 3.82. The van der Waals surface area contributed by atoms with Crippen molar-refractivity contribution in [3.05, 3.63) is 35.9 Å². The minimum atomic E-state index is 0.374. The summed E-state index contributed by atoms with van der Waals surface area (Å²) in [5, 5.41) is 4.42. The second-order valence-corrected chi connectivity index (χ2v) is 5.33. The Morgan fingerprint density at radius 1 is 1.29 bits per heavy atom. The summed E-state index contributed by atoms with van der Waals surface area (Å²) in [5.41, 5.74) is 7.59. The van der Waals surface area contributed by atoms with E-state index in [1.165, 1.54) is 0 Å². The van der Waals surface area contributed by atoms with Crippen LogP contribution < -0.4 is 11.1 Å². The molecular formula is C16H22N4S. The van der Waals surface area contributed by atoms with Gasteiger partial charge in [0.2, 0.25) is 0 Å². The molecule has 0 radical (unpaired) electrons. The smallest absolute Gasteiger partial charge is 0.137 e. The molecule has 0 atom stereocenters. The first-order valence-corrected chi connectivity index (χ1v) is 7.72. The van der Waals surface area contributed by atoms with E-state index in [1.807, 2.05) is 30.3 Å². The highest BCUT2D eigenvalue weighted by Gasteiger charge is 2.09. The molecule has 0 aliphatic carbocycles. The first-order chi connectivity index (χ1) is 10.2. The largest absolute Gasteiger partial charge is 0.389 e. The topological polar surface area (TPSA) is 54.2 Å². The van der Waals surface area contributed by atoms with E-state index in [0.29, 0.717) is 4.99 Å². The van der Waals surface area contributed by atoms with Gasteiger partial charge in [-0.05, 0) is 25.2 Å². The van der Waals surface area contributed by atoms with E-state index in [2.05, 4.69) is 29.0 Å². The van der Waals surface area contributed by atoms with Gasteiger partial charge < -0.3 is 16.0 Å². The lowest BCUT2D eigenvalue weighted by Gasteiger charge is -2.19. The van der Waals surface area contributed by atoms with Crippen molar-refractivity contribution >= 4 is 33.9 Å². The third-order valence-electron chi connectivity index (χ3n) is 3.60. The van der Waals surface area contributed by atoms with Crippen LogP contribution in [0.5, 0.6) is 0 Å². The lowest BCUT2D eigenvalue weighted by atomic mass is 10.1. The molecule has 1 heterocycles. The van der Waals surface area contributed by atoms with Crippen molar-refractivity contribution in [3.63, 3.8) is 0 Å². The molecule has 0 fully saturated rings. The zero-order chi connectivity index (χ0) is 15.2. The molecule has 0 amide bonds. The maximum absolute atomic E-state index is 5.83. The summed E-state index contributed by atoms with van der Waals surface area (Å²) in [7, 11) is 0. The molecule has 0 bridgehead atoms. The second kappa shape index (κ2) is 7.33. The molecule has 0 aliphatic rings. The number of pyridine rings is 1. The minimum absolute atomic E-state index is 0.374. The molecule has 1 aromatic carbocycles. The molecule has 21 heavy (non-hydrogen) atoms. The van der Waals surface area contributed by atoms with E-state index in [1.54, 1.807) is 0 Å². The average Bonchev–Trinajstić information content (AvgIpc) is 2.50. The Hall–Kier alpha value is -1.72. The van der Waals surface area contributed by atoms with Crippen molar-refractivity contribution in [1.82, 2.24) is 9.88 Å². The van der Waals surface area contributed by atoms with Crippen LogP contribution in [0.2, 0.25) is 0 Å². The first kappa shape index (κ1) is 15.7. The number of thiocarbonyl (C=S) groups is 1. The zero-order valence-corrected chi connectivity index (χ0v) is 13.4. The molecule has 2 aromatic rings. The number of para-hydroxylation sites is 1. The number of anilines is 1. The van der Waals surface area contributed by atoms with Gasteiger partial charge in [0.1, 0.15) is 10.8 Å². The number of fused-ring (bicyclic) bond motifs is 1. The lowest BCUT2D eigenvalue weighted by molar-refractivity contribution is 0.316. The third kappa shape index (κ3) is 3.89. The van der Waals surface area contributed by atoms with Crippen molar-refractivity contribution < 1.29 is 0 Å². The Morgan fingerprint density at radius 3 is 2.67 bits per heavy atom. The van der Waals surface area contributed by atoms with Gasteiger partial charge in [-0.3, -0.25) is 0 Å². The van der Waals surface area contributed by atoms with Gasteiger partial charge in [-0.15, -0.1) is 0 Å². The first-order valence-electron chi connectivity index (χ1n) is 7.31. The monoisotopic (exact) mass is 302 g/mol. The summed E-state index contributed by atoms with van der Waals surface area (Å²) in [5.74, 6) is 0.772.